The first kappa shape index (κ1) is 14.2. The van der Waals surface area contributed by atoms with Crippen LogP contribution in [0.4, 0.5) is 0 Å². The average molecular weight is 254 g/mol. The Balaban J connectivity index is 2.37. The number of nitrogens with zero attached hydrogens (tertiary/aromatic N) is 2. The molecule has 18 heavy (non-hydrogen) atoms. The molecule has 0 fully saturated rings. The van der Waals surface area contributed by atoms with Gasteiger partial charge >= 0.3 is 5.97 Å². The summed E-state index contributed by atoms with van der Waals surface area (Å²) in [7, 11) is 0. The topological polar surface area (TPSA) is 110 Å². The minimum absolute atomic E-state index is 0.0137. The second-order valence-corrected chi connectivity index (χ2v) is 4.36. The molecule has 0 bridgehead atoms. The molecule has 100 valence electrons. The van der Waals surface area contributed by atoms with Crippen LogP contribution in [0.15, 0.2) is 12.5 Å². The molecular weight excluding hydrogens is 236 g/mol. The summed E-state index contributed by atoms with van der Waals surface area (Å²) in [6, 6.07) is -0.526. The molecule has 0 aliphatic heterocycles. The maximum atomic E-state index is 11.5. The fraction of sp³-hybridized carbons (Fsp3) is 0.545. The highest BCUT2D eigenvalue weighted by Crippen LogP contribution is 1.98. The lowest BCUT2D eigenvalue weighted by Gasteiger charge is -2.15. The van der Waals surface area contributed by atoms with E-state index in [4.69, 9.17) is 10.8 Å². The van der Waals surface area contributed by atoms with Crippen molar-refractivity contribution in [2.45, 2.75) is 26.4 Å². The zero-order chi connectivity index (χ0) is 13.7. The maximum absolute atomic E-state index is 11.5. The second kappa shape index (κ2) is 6.15. The fourth-order valence-electron chi connectivity index (χ4n) is 1.32. The van der Waals surface area contributed by atoms with E-state index in [0.29, 0.717) is 13.1 Å². The highest BCUT2D eigenvalue weighted by atomic mass is 16.4. The van der Waals surface area contributed by atoms with Crippen LogP contribution in [-0.4, -0.2) is 39.1 Å². The summed E-state index contributed by atoms with van der Waals surface area (Å²) in [5, 5.41) is 11.4. The third kappa shape index (κ3) is 3.85. The van der Waals surface area contributed by atoms with E-state index in [9.17, 15) is 9.59 Å². The lowest BCUT2D eigenvalue weighted by atomic mass is 10.1. The molecule has 7 nitrogen and oxygen atoms in total. The number of hydrogen-bond acceptors (Lipinski definition) is 4. The molecule has 0 spiro atoms. The smallest absolute Gasteiger partial charge is 0.356 e. The molecule has 7 heteroatoms. The zero-order valence-electron chi connectivity index (χ0n) is 10.5. The Morgan fingerprint density at radius 3 is 2.72 bits per heavy atom. The summed E-state index contributed by atoms with van der Waals surface area (Å²) in [5.41, 5.74) is 5.66. The van der Waals surface area contributed by atoms with Gasteiger partial charge in [0.25, 0.3) is 0 Å². The number of imidazole rings is 1. The van der Waals surface area contributed by atoms with E-state index in [1.165, 1.54) is 12.5 Å². The predicted octanol–water partition coefficient (Wildman–Crippen LogP) is -0.319. The lowest BCUT2D eigenvalue weighted by molar-refractivity contribution is -0.123. The monoisotopic (exact) mass is 254 g/mol. The predicted molar refractivity (Wildman–Crippen MR) is 65.0 cm³/mol. The van der Waals surface area contributed by atoms with Crippen LogP contribution in [0.3, 0.4) is 0 Å². The first-order valence-corrected chi connectivity index (χ1v) is 5.70. The van der Waals surface area contributed by atoms with E-state index < -0.39 is 12.0 Å². The zero-order valence-corrected chi connectivity index (χ0v) is 10.5. The van der Waals surface area contributed by atoms with E-state index in [2.05, 4.69) is 10.3 Å². The molecule has 0 saturated heterocycles. The Morgan fingerprint density at radius 1 is 1.56 bits per heavy atom. The van der Waals surface area contributed by atoms with Crippen LogP contribution in [0.1, 0.15) is 24.3 Å². The van der Waals surface area contributed by atoms with Gasteiger partial charge < -0.3 is 20.7 Å². The van der Waals surface area contributed by atoms with Gasteiger partial charge in [-0.15, -0.1) is 0 Å². The summed E-state index contributed by atoms with van der Waals surface area (Å²) >= 11 is 0. The van der Waals surface area contributed by atoms with Crippen molar-refractivity contribution >= 4 is 11.9 Å². The van der Waals surface area contributed by atoms with Crippen molar-refractivity contribution in [3.63, 3.8) is 0 Å². The van der Waals surface area contributed by atoms with Crippen molar-refractivity contribution < 1.29 is 14.7 Å². The minimum Gasteiger partial charge on any atom is -0.476 e. The molecule has 1 atom stereocenters. The average Bonchev–Trinajstić information content (AvgIpc) is 2.76. The van der Waals surface area contributed by atoms with Gasteiger partial charge in [0.1, 0.15) is 0 Å². The lowest BCUT2D eigenvalue weighted by Crippen LogP contribution is -2.44. The number of nitrogens with two attached hydrogens (primary N) is 1. The van der Waals surface area contributed by atoms with Gasteiger partial charge in [-0.1, -0.05) is 13.8 Å². The molecule has 0 aliphatic carbocycles. The van der Waals surface area contributed by atoms with Crippen molar-refractivity contribution in [3.05, 3.63) is 18.2 Å². The Hall–Kier alpha value is -1.89. The number of aromatic carboxylic acids is 1. The highest BCUT2D eigenvalue weighted by Gasteiger charge is 2.16. The number of carbonyl (C=O) groups excluding carboxylic acids is 1. The van der Waals surface area contributed by atoms with Crippen molar-refractivity contribution in [2.75, 3.05) is 6.54 Å². The van der Waals surface area contributed by atoms with Crippen molar-refractivity contribution in [3.8, 4) is 0 Å². The van der Waals surface area contributed by atoms with Crippen LogP contribution < -0.4 is 11.1 Å². The molecule has 0 aliphatic rings. The number of rotatable bonds is 6. The Bertz CT molecular complexity index is 428. The Morgan fingerprint density at radius 2 is 2.22 bits per heavy atom. The first-order valence-electron chi connectivity index (χ1n) is 5.70. The first-order chi connectivity index (χ1) is 8.41. The minimum atomic E-state index is -1.07. The summed E-state index contributed by atoms with van der Waals surface area (Å²) in [4.78, 5) is 25.8. The van der Waals surface area contributed by atoms with Crippen LogP contribution in [0.5, 0.6) is 0 Å². The van der Waals surface area contributed by atoms with E-state index in [1.807, 2.05) is 13.8 Å². The molecule has 1 amide bonds. The van der Waals surface area contributed by atoms with E-state index in [-0.39, 0.29) is 17.5 Å². The number of carboxylic acids is 1. The van der Waals surface area contributed by atoms with Crippen molar-refractivity contribution in [2.24, 2.45) is 11.7 Å². The molecule has 0 unspecified atom stereocenters. The van der Waals surface area contributed by atoms with E-state index in [0.717, 1.165) is 0 Å². The van der Waals surface area contributed by atoms with Gasteiger partial charge in [0.05, 0.1) is 12.4 Å². The molecule has 1 aromatic heterocycles. The molecule has 1 rings (SSSR count). The third-order valence-electron chi connectivity index (χ3n) is 2.54. The molecule has 4 N–H and O–H groups in total. The summed E-state index contributed by atoms with van der Waals surface area (Å²) in [5.74, 6) is -1.19. The molecule has 0 radical (unpaired) electrons. The van der Waals surface area contributed by atoms with Gasteiger partial charge in [0.2, 0.25) is 5.91 Å². The third-order valence-corrected chi connectivity index (χ3v) is 2.54. The molecule has 0 saturated carbocycles. The highest BCUT2D eigenvalue weighted by molar-refractivity contribution is 5.84. The largest absolute Gasteiger partial charge is 0.476 e. The normalized spacial score (nSPS) is 12.4. The second-order valence-electron chi connectivity index (χ2n) is 4.36. The van der Waals surface area contributed by atoms with E-state index in [1.54, 1.807) is 4.57 Å². The van der Waals surface area contributed by atoms with Gasteiger partial charge in [0.15, 0.2) is 5.69 Å². The summed E-state index contributed by atoms with van der Waals surface area (Å²) in [6.45, 7) is 4.59. The van der Waals surface area contributed by atoms with E-state index >= 15 is 0 Å². The number of amides is 1. The summed E-state index contributed by atoms with van der Waals surface area (Å²) in [6.07, 6.45) is 2.83. The van der Waals surface area contributed by atoms with Crippen molar-refractivity contribution in [1.29, 1.82) is 0 Å². The van der Waals surface area contributed by atoms with Gasteiger partial charge in [-0.05, 0) is 5.92 Å². The molecule has 1 aromatic rings. The fourth-order valence-corrected chi connectivity index (χ4v) is 1.32. The number of carbonyl (C=O) groups is 2. The van der Waals surface area contributed by atoms with Gasteiger partial charge in [-0.3, -0.25) is 4.79 Å². The summed E-state index contributed by atoms with van der Waals surface area (Å²) < 4.78 is 1.60. The number of hydrogen-bond donors (Lipinski definition) is 3. The maximum Gasteiger partial charge on any atom is 0.356 e. The van der Waals surface area contributed by atoms with Crippen LogP contribution in [0, 0.1) is 5.92 Å². The SMILES string of the molecule is CC(C)[C@H](N)C(=O)NCCn1cnc(C(=O)O)c1. The number of aromatic nitrogens is 2. The number of nitrogens with one attached hydrogen (secondary N) is 1. The Labute approximate surface area is 105 Å². The van der Waals surface area contributed by atoms with Crippen LogP contribution in [0.25, 0.3) is 0 Å². The quantitative estimate of drug-likeness (QED) is 0.644. The molecular formula is C11H18N4O3. The standard InChI is InChI=1S/C11H18N4O3/c1-7(2)9(12)10(16)13-3-4-15-5-8(11(17)18)14-6-15/h5-7,9H,3-4,12H2,1-2H3,(H,13,16)(H,17,18)/t9-/m0/s1. The molecule has 1 heterocycles. The number of carboxylic acid groups (broad SMARTS) is 1. The van der Waals surface area contributed by atoms with Crippen LogP contribution in [-0.2, 0) is 11.3 Å². The van der Waals surface area contributed by atoms with Crippen molar-refractivity contribution in [1.82, 2.24) is 14.9 Å². The van der Waals surface area contributed by atoms with Gasteiger partial charge in [-0.2, -0.15) is 0 Å². The van der Waals surface area contributed by atoms with Crippen LogP contribution >= 0.6 is 0 Å². The van der Waals surface area contributed by atoms with Gasteiger partial charge in [-0.25, -0.2) is 9.78 Å². The molecule has 0 aromatic carbocycles. The Kier molecular flexibility index (Phi) is 4.85. The van der Waals surface area contributed by atoms with Gasteiger partial charge in [0, 0.05) is 19.3 Å². The van der Waals surface area contributed by atoms with Crippen LogP contribution in [0.2, 0.25) is 0 Å².